The zero-order valence-corrected chi connectivity index (χ0v) is 20.0. The molecule has 7 heteroatoms. The van der Waals surface area contributed by atoms with E-state index in [0.717, 1.165) is 43.6 Å². The molecule has 1 amide bonds. The summed E-state index contributed by atoms with van der Waals surface area (Å²) in [5, 5.41) is 0. The Bertz CT molecular complexity index is 815. The molecule has 0 N–H and O–H groups in total. The van der Waals surface area contributed by atoms with Gasteiger partial charge in [-0.15, -0.1) is 0 Å². The lowest BCUT2D eigenvalue weighted by Crippen LogP contribution is -2.42. The lowest BCUT2D eigenvalue weighted by atomic mass is 9.98. The molecule has 174 valence electrons. The number of benzene rings is 1. The number of piperidine rings is 1. The zero-order chi connectivity index (χ0) is 22.5. The molecule has 1 atom stereocenters. The standard InChI is InChI=1S/C24H37NO5S/c1-24(2,3)31(27,28)18-20-11-13-25(14-12-20)23(26)16-19-7-9-21(10-8-19)30-17-22-6-4-5-15-29-22/h7-10,20,22H,4-6,11-18H2,1-3H3. The van der Waals surface area contributed by atoms with Crippen LogP contribution in [0, 0.1) is 5.92 Å². The molecule has 1 aromatic rings. The Labute approximate surface area is 187 Å². The van der Waals surface area contributed by atoms with E-state index < -0.39 is 14.6 Å². The van der Waals surface area contributed by atoms with E-state index in [1.165, 1.54) is 6.42 Å². The first-order chi connectivity index (χ1) is 14.6. The summed E-state index contributed by atoms with van der Waals surface area (Å²) >= 11 is 0. The lowest BCUT2D eigenvalue weighted by molar-refractivity contribution is -0.131. The molecule has 0 aromatic heterocycles. The first kappa shape index (κ1) is 24.1. The van der Waals surface area contributed by atoms with Crippen LogP contribution < -0.4 is 4.74 Å². The van der Waals surface area contributed by atoms with Gasteiger partial charge in [-0.05, 0) is 76.5 Å². The van der Waals surface area contributed by atoms with Crippen LogP contribution in [0.1, 0.15) is 58.4 Å². The third-order valence-electron chi connectivity index (χ3n) is 6.34. The van der Waals surface area contributed by atoms with Crippen molar-refractivity contribution in [2.24, 2.45) is 5.92 Å². The molecule has 6 nitrogen and oxygen atoms in total. The maximum atomic E-state index is 12.7. The monoisotopic (exact) mass is 451 g/mol. The Balaban J connectivity index is 1.42. The summed E-state index contributed by atoms with van der Waals surface area (Å²) in [6.07, 6.45) is 5.40. The van der Waals surface area contributed by atoms with Gasteiger partial charge in [-0.1, -0.05) is 12.1 Å². The Kier molecular flexibility index (Phi) is 8.03. The van der Waals surface area contributed by atoms with E-state index in [1.54, 1.807) is 20.8 Å². The molecule has 0 aliphatic carbocycles. The van der Waals surface area contributed by atoms with Crippen LogP contribution in [-0.4, -0.2) is 62.1 Å². The minimum absolute atomic E-state index is 0.0985. The van der Waals surface area contributed by atoms with Gasteiger partial charge < -0.3 is 14.4 Å². The Hall–Kier alpha value is -1.60. The zero-order valence-electron chi connectivity index (χ0n) is 19.1. The number of hydrogen-bond donors (Lipinski definition) is 0. The highest BCUT2D eigenvalue weighted by molar-refractivity contribution is 7.92. The van der Waals surface area contributed by atoms with E-state index in [2.05, 4.69) is 0 Å². The maximum absolute atomic E-state index is 12.7. The van der Waals surface area contributed by atoms with Gasteiger partial charge in [0.05, 0.1) is 23.0 Å². The summed E-state index contributed by atoms with van der Waals surface area (Å²) in [6.45, 7) is 7.90. The summed E-state index contributed by atoms with van der Waals surface area (Å²) in [4.78, 5) is 14.6. The van der Waals surface area contributed by atoms with Crippen molar-refractivity contribution in [2.75, 3.05) is 32.1 Å². The molecule has 0 radical (unpaired) electrons. The number of rotatable bonds is 7. The van der Waals surface area contributed by atoms with Crippen molar-refractivity contribution in [3.05, 3.63) is 29.8 Å². The highest BCUT2D eigenvalue weighted by Gasteiger charge is 2.33. The SMILES string of the molecule is CC(C)(C)S(=O)(=O)CC1CCN(C(=O)Cc2ccc(OCC3CCCCO3)cc2)CC1. The Morgan fingerprint density at radius 3 is 2.35 bits per heavy atom. The van der Waals surface area contributed by atoms with Gasteiger partial charge in [0.1, 0.15) is 12.4 Å². The smallest absolute Gasteiger partial charge is 0.226 e. The Morgan fingerprint density at radius 1 is 1.10 bits per heavy atom. The number of nitrogens with zero attached hydrogens (tertiary/aromatic N) is 1. The average molecular weight is 452 g/mol. The molecule has 0 bridgehead atoms. The quantitative estimate of drug-likeness (QED) is 0.633. The van der Waals surface area contributed by atoms with E-state index in [1.807, 2.05) is 29.2 Å². The molecule has 0 spiro atoms. The molecule has 2 heterocycles. The summed E-state index contributed by atoms with van der Waals surface area (Å²) in [5.74, 6) is 1.25. The van der Waals surface area contributed by atoms with Gasteiger partial charge in [-0.2, -0.15) is 0 Å². The summed E-state index contributed by atoms with van der Waals surface area (Å²) in [7, 11) is -3.12. The highest BCUT2D eigenvalue weighted by atomic mass is 32.2. The second-order valence-electron chi connectivity index (χ2n) is 9.84. The first-order valence-electron chi connectivity index (χ1n) is 11.5. The number of sulfone groups is 1. The fourth-order valence-corrected chi connectivity index (χ4v) is 5.48. The van der Waals surface area contributed by atoms with Crippen LogP contribution in [0.3, 0.4) is 0 Å². The number of amides is 1. The molecular weight excluding hydrogens is 414 g/mol. The van der Waals surface area contributed by atoms with Crippen molar-refractivity contribution in [2.45, 2.75) is 70.1 Å². The van der Waals surface area contributed by atoms with Crippen molar-refractivity contribution in [3.63, 3.8) is 0 Å². The van der Waals surface area contributed by atoms with Crippen molar-refractivity contribution in [1.82, 2.24) is 4.90 Å². The predicted molar refractivity (Wildman–Crippen MR) is 122 cm³/mol. The van der Waals surface area contributed by atoms with Crippen LogP contribution in [-0.2, 0) is 25.8 Å². The first-order valence-corrected chi connectivity index (χ1v) is 13.1. The molecule has 2 saturated heterocycles. The fourth-order valence-electron chi connectivity index (χ4n) is 4.03. The molecule has 2 fully saturated rings. The van der Waals surface area contributed by atoms with Gasteiger partial charge in [0.15, 0.2) is 9.84 Å². The van der Waals surface area contributed by atoms with E-state index >= 15 is 0 Å². The lowest BCUT2D eigenvalue weighted by Gasteiger charge is -2.33. The molecule has 1 aromatic carbocycles. The van der Waals surface area contributed by atoms with Gasteiger partial charge in [-0.3, -0.25) is 4.79 Å². The van der Waals surface area contributed by atoms with Crippen molar-refractivity contribution in [1.29, 1.82) is 0 Å². The number of ether oxygens (including phenoxy) is 2. The summed E-state index contributed by atoms with van der Waals surface area (Å²) < 4.78 is 35.7. The van der Waals surface area contributed by atoms with E-state index in [4.69, 9.17) is 9.47 Å². The number of carbonyl (C=O) groups excluding carboxylic acids is 1. The second-order valence-corrected chi connectivity index (χ2v) is 12.6. The highest BCUT2D eigenvalue weighted by Crippen LogP contribution is 2.25. The van der Waals surface area contributed by atoms with Crippen molar-refractivity contribution >= 4 is 15.7 Å². The second kappa shape index (κ2) is 10.3. The molecular formula is C24H37NO5S. The van der Waals surface area contributed by atoms with Crippen LogP contribution in [0.15, 0.2) is 24.3 Å². The molecule has 31 heavy (non-hydrogen) atoms. The minimum atomic E-state index is -3.12. The van der Waals surface area contributed by atoms with Gasteiger partial charge in [0, 0.05) is 19.7 Å². The van der Waals surface area contributed by atoms with Crippen LogP contribution in [0.4, 0.5) is 0 Å². The van der Waals surface area contributed by atoms with E-state index in [-0.39, 0.29) is 23.7 Å². The van der Waals surface area contributed by atoms with Crippen LogP contribution >= 0.6 is 0 Å². The average Bonchev–Trinajstić information content (AvgIpc) is 2.73. The predicted octanol–water partition coefficient (Wildman–Crippen LogP) is 3.63. The van der Waals surface area contributed by atoms with Crippen LogP contribution in [0.2, 0.25) is 0 Å². The molecule has 2 aliphatic rings. The number of carbonyl (C=O) groups is 1. The molecule has 1 unspecified atom stereocenters. The minimum Gasteiger partial charge on any atom is -0.491 e. The fraction of sp³-hybridized carbons (Fsp3) is 0.708. The van der Waals surface area contributed by atoms with Crippen molar-refractivity contribution in [3.8, 4) is 5.75 Å². The maximum Gasteiger partial charge on any atom is 0.226 e. The third kappa shape index (κ3) is 6.94. The van der Waals surface area contributed by atoms with Crippen LogP contribution in [0.5, 0.6) is 5.75 Å². The van der Waals surface area contributed by atoms with Gasteiger partial charge >= 0.3 is 0 Å². The molecule has 3 rings (SSSR count). The van der Waals surface area contributed by atoms with Crippen LogP contribution in [0.25, 0.3) is 0 Å². The van der Waals surface area contributed by atoms with Gasteiger partial charge in [0.2, 0.25) is 5.91 Å². The summed E-state index contributed by atoms with van der Waals surface area (Å²) in [6, 6.07) is 7.71. The largest absolute Gasteiger partial charge is 0.491 e. The molecule has 0 saturated carbocycles. The van der Waals surface area contributed by atoms with E-state index in [9.17, 15) is 13.2 Å². The summed E-state index contributed by atoms with van der Waals surface area (Å²) in [5.41, 5.74) is 0.962. The third-order valence-corrected chi connectivity index (χ3v) is 9.12. The normalized spacial score (nSPS) is 21.1. The molecule has 2 aliphatic heterocycles. The van der Waals surface area contributed by atoms with Crippen molar-refractivity contribution < 1.29 is 22.7 Å². The van der Waals surface area contributed by atoms with E-state index in [0.29, 0.717) is 26.1 Å². The number of likely N-dealkylation sites (tertiary alicyclic amines) is 1. The number of hydrogen-bond acceptors (Lipinski definition) is 5. The van der Waals surface area contributed by atoms with Gasteiger partial charge in [-0.25, -0.2) is 8.42 Å². The Morgan fingerprint density at radius 2 is 1.77 bits per heavy atom. The topological polar surface area (TPSA) is 72.9 Å². The van der Waals surface area contributed by atoms with Gasteiger partial charge in [0.25, 0.3) is 0 Å².